The Balaban J connectivity index is 1.72. The highest BCUT2D eigenvalue weighted by Crippen LogP contribution is 2.19. The van der Waals surface area contributed by atoms with Gasteiger partial charge in [0.05, 0.1) is 0 Å². The van der Waals surface area contributed by atoms with E-state index in [-0.39, 0.29) is 6.03 Å². The smallest absolute Gasteiger partial charge is 0.317 e. The summed E-state index contributed by atoms with van der Waals surface area (Å²) in [7, 11) is 0. The molecule has 2 saturated heterocycles. The molecule has 0 radical (unpaired) electrons. The van der Waals surface area contributed by atoms with Crippen LogP contribution in [0.5, 0.6) is 0 Å². The van der Waals surface area contributed by atoms with Crippen LogP contribution in [-0.2, 0) is 0 Å². The van der Waals surface area contributed by atoms with Crippen molar-refractivity contribution in [1.82, 2.24) is 15.5 Å². The van der Waals surface area contributed by atoms with Crippen LogP contribution in [0.3, 0.4) is 0 Å². The molecule has 0 saturated carbocycles. The summed E-state index contributed by atoms with van der Waals surface area (Å²) in [6.07, 6.45) is 2.38. The lowest BCUT2D eigenvalue weighted by atomic mass is 10.2. The number of thioether (sulfide) groups is 1. The summed E-state index contributed by atoms with van der Waals surface area (Å²) < 4.78 is 0. The fourth-order valence-electron chi connectivity index (χ4n) is 2.34. The summed E-state index contributed by atoms with van der Waals surface area (Å²) >= 11 is 2.03. The van der Waals surface area contributed by atoms with E-state index in [1.807, 2.05) is 23.6 Å². The van der Waals surface area contributed by atoms with Crippen molar-refractivity contribution in [2.24, 2.45) is 0 Å². The van der Waals surface area contributed by atoms with Crippen LogP contribution < -0.4 is 10.6 Å². The van der Waals surface area contributed by atoms with Crippen LogP contribution in [0.2, 0.25) is 0 Å². The summed E-state index contributed by atoms with van der Waals surface area (Å²) in [5.41, 5.74) is 0. The first-order valence-electron chi connectivity index (χ1n) is 6.16. The van der Waals surface area contributed by atoms with E-state index in [9.17, 15) is 4.79 Å². The summed E-state index contributed by atoms with van der Waals surface area (Å²) in [5, 5.41) is 6.52. The van der Waals surface area contributed by atoms with Gasteiger partial charge in [-0.15, -0.1) is 0 Å². The molecule has 0 spiro atoms. The summed E-state index contributed by atoms with van der Waals surface area (Å²) in [6, 6.07) is 1.27. The predicted octanol–water partition coefficient (Wildman–Crippen LogP) is 0.885. The molecule has 0 aromatic rings. The Hall–Kier alpha value is -0.420. The number of hydrogen-bond donors (Lipinski definition) is 2. The molecule has 2 fully saturated rings. The third kappa shape index (κ3) is 3.04. The molecular formula is C11H21N3OS. The maximum absolute atomic E-state index is 11.6. The highest BCUT2D eigenvalue weighted by atomic mass is 32.2. The average molecular weight is 243 g/mol. The van der Waals surface area contributed by atoms with Gasteiger partial charge in [0.25, 0.3) is 0 Å². The number of carbonyl (C=O) groups excluding carboxylic acids is 1. The molecule has 2 heterocycles. The highest BCUT2D eigenvalue weighted by Gasteiger charge is 2.28. The summed E-state index contributed by atoms with van der Waals surface area (Å²) in [4.78, 5) is 13.5. The van der Waals surface area contributed by atoms with Gasteiger partial charge in [-0.25, -0.2) is 4.79 Å². The molecule has 2 unspecified atom stereocenters. The van der Waals surface area contributed by atoms with Gasteiger partial charge in [0.2, 0.25) is 0 Å². The standard InChI is InChI=1S/C11H21N3OS/c1-2-12-11(15)14-5-3-9(7-14)13-10-4-6-16-8-10/h9-10,13H,2-8H2,1H3,(H,12,15). The van der Waals surface area contributed by atoms with E-state index in [4.69, 9.17) is 0 Å². The number of rotatable bonds is 3. The largest absolute Gasteiger partial charge is 0.338 e. The van der Waals surface area contributed by atoms with Gasteiger partial charge >= 0.3 is 6.03 Å². The maximum Gasteiger partial charge on any atom is 0.317 e. The molecule has 0 bridgehead atoms. The quantitative estimate of drug-likeness (QED) is 0.773. The number of urea groups is 1. The summed E-state index contributed by atoms with van der Waals surface area (Å²) in [6.45, 7) is 4.43. The van der Waals surface area contributed by atoms with Crippen LogP contribution in [0, 0.1) is 0 Å². The van der Waals surface area contributed by atoms with Gasteiger partial charge in [-0.3, -0.25) is 0 Å². The van der Waals surface area contributed by atoms with E-state index in [1.54, 1.807) is 0 Å². The number of hydrogen-bond acceptors (Lipinski definition) is 3. The summed E-state index contributed by atoms with van der Waals surface area (Å²) in [5.74, 6) is 2.52. The lowest BCUT2D eigenvalue weighted by Gasteiger charge is -2.19. The zero-order valence-corrected chi connectivity index (χ0v) is 10.7. The van der Waals surface area contributed by atoms with Gasteiger partial charge in [-0.2, -0.15) is 11.8 Å². The first-order chi connectivity index (χ1) is 7.79. The second kappa shape index (κ2) is 5.77. The molecule has 92 valence electrons. The number of amides is 2. The Kier molecular flexibility index (Phi) is 4.35. The van der Waals surface area contributed by atoms with E-state index in [1.165, 1.54) is 17.9 Å². The third-order valence-electron chi connectivity index (χ3n) is 3.20. The molecule has 2 rings (SSSR count). The van der Waals surface area contributed by atoms with Gasteiger partial charge in [0.1, 0.15) is 0 Å². The van der Waals surface area contributed by atoms with Gasteiger partial charge < -0.3 is 15.5 Å². The average Bonchev–Trinajstić information content (AvgIpc) is 2.90. The molecule has 2 amide bonds. The second-order valence-corrected chi connectivity index (χ2v) is 5.64. The Labute approximate surface area is 102 Å². The van der Waals surface area contributed by atoms with Crippen LogP contribution in [0.15, 0.2) is 0 Å². The van der Waals surface area contributed by atoms with E-state index in [0.717, 1.165) is 19.5 Å². The van der Waals surface area contributed by atoms with Gasteiger partial charge in [0.15, 0.2) is 0 Å². The Bertz CT molecular complexity index is 243. The van der Waals surface area contributed by atoms with Gasteiger partial charge in [-0.05, 0) is 25.5 Å². The van der Waals surface area contributed by atoms with Crippen LogP contribution in [0.1, 0.15) is 19.8 Å². The van der Waals surface area contributed by atoms with Gasteiger partial charge in [0, 0.05) is 37.5 Å². The first-order valence-corrected chi connectivity index (χ1v) is 7.31. The SMILES string of the molecule is CCNC(=O)N1CCC(NC2CCSC2)C1. The van der Waals surface area contributed by atoms with Crippen molar-refractivity contribution in [3.63, 3.8) is 0 Å². The molecule has 16 heavy (non-hydrogen) atoms. The number of nitrogens with zero attached hydrogens (tertiary/aromatic N) is 1. The fraction of sp³-hybridized carbons (Fsp3) is 0.909. The molecule has 2 aliphatic rings. The predicted molar refractivity (Wildman–Crippen MR) is 67.9 cm³/mol. The lowest BCUT2D eigenvalue weighted by molar-refractivity contribution is 0.208. The minimum Gasteiger partial charge on any atom is -0.338 e. The number of likely N-dealkylation sites (tertiary alicyclic amines) is 1. The van der Waals surface area contributed by atoms with Gasteiger partial charge in [-0.1, -0.05) is 0 Å². The zero-order valence-electron chi connectivity index (χ0n) is 9.87. The normalized spacial score (nSPS) is 29.7. The van der Waals surface area contributed by atoms with Crippen molar-refractivity contribution >= 4 is 17.8 Å². The second-order valence-electron chi connectivity index (χ2n) is 4.49. The monoisotopic (exact) mass is 243 g/mol. The van der Waals surface area contributed by atoms with E-state index >= 15 is 0 Å². The van der Waals surface area contributed by atoms with Crippen LogP contribution >= 0.6 is 11.8 Å². The molecule has 2 aliphatic heterocycles. The molecule has 5 heteroatoms. The number of nitrogens with one attached hydrogen (secondary N) is 2. The van der Waals surface area contributed by atoms with Crippen LogP contribution in [0.4, 0.5) is 4.79 Å². The molecule has 2 N–H and O–H groups in total. The van der Waals surface area contributed by atoms with Crippen molar-refractivity contribution in [2.75, 3.05) is 31.1 Å². The van der Waals surface area contributed by atoms with Crippen LogP contribution in [0.25, 0.3) is 0 Å². The molecule has 0 aromatic heterocycles. The van der Waals surface area contributed by atoms with Crippen LogP contribution in [-0.4, -0.2) is 54.2 Å². The van der Waals surface area contributed by atoms with E-state index < -0.39 is 0 Å². The first kappa shape index (κ1) is 12.0. The molecule has 0 aromatic carbocycles. The van der Waals surface area contributed by atoms with Crippen molar-refractivity contribution in [2.45, 2.75) is 31.8 Å². The minimum absolute atomic E-state index is 0.0904. The highest BCUT2D eigenvalue weighted by molar-refractivity contribution is 7.99. The molecular weight excluding hydrogens is 222 g/mol. The lowest BCUT2D eigenvalue weighted by Crippen LogP contribution is -2.43. The third-order valence-corrected chi connectivity index (χ3v) is 4.37. The maximum atomic E-state index is 11.6. The Morgan fingerprint density at radius 3 is 3.00 bits per heavy atom. The molecule has 2 atom stereocenters. The molecule has 0 aliphatic carbocycles. The Morgan fingerprint density at radius 1 is 1.44 bits per heavy atom. The number of carbonyl (C=O) groups is 1. The van der Waals surface area contributed by atoms with Crippen molar-refractivity contribution in [3.8, 4) is 0 Å². The minimum atomic E-state index is 0.0904. The fourth-order valence-corrected chi connectivity index (χ4v) is 3.51. The van der Waals surface area contributed by atoms with Crippen molar-refractivity contribution < 1.29 is 4.79 Å². The zero-order chi connectivity index (χ0) is 11.4. The molecule has 4 nitrogen and oxygen atoms in total. The van der Waals surface area contributed by atoms with Crippen molar-refractivity contribution in [3.05, 3.63) is 0 Å². The van der Waals surface area contributed by atoms with E-state index in [2.05, 4.69) is 10.6 Å². The van der Waals surface area contributed by atoms with E-state index in [0.29, 0.717) is 18.6 Å². The van der Waals surface area contributed by atoms with Crippen molar-refractivity contribution in [1.29, 1.82) is 0 Å². The topological polar surface area (TPSA) is 44.4 Å². The Morgan fingerprint density at radius 2 is 2.31 bits per heavy atom.